The average molecular weight is 329 g/mol. The third-order valence-corrected chi connectivity index (χ3v) is 4.51. The lowest BCUT2D eigenvalue weighted by Crippen LogP contribution is -2.43. The summed E-state index contributed by atoms with van der Waals surface area (Å²) in [5.74, 6) is -0.0932. The largest absolute Gasteiger partial charge is 0.494 e. The summed E-state index contributed by atoms with van der Waals surface area (Å²) < 4.78 is 18.6. The number of rotatable bonds is 3. The van der Waals surface area contributed by atoms with Gasteiger partial charge in [0.2, 0.25) is 5.91 Å². The summed E-state index contributed by atoms with van der Waals surface area (Å²) >= 11 is 0. The molecule has 0 radical (unpaired) electrons. The first-order valence-electron chi connectivity index (χ1n) is 7.53. The van der Waals surface area contributed by atoms with Crippen LogP contribution in [0.5, 0.6) is 5.75 Å². The Hall–Kier alpha value is -1.33. The molecule has 1 aromatic rings. The summed E-state index contributed by atoms with van der Waals surface area (Å²) in [5.41, 5.74) is 0.704. The van der Waals surface area contributed by atoms with Crippen molar-refractivity contribution in [1.82, 2.24) is 10.2 Å². The maximum Gasteiger partial charge on any atom is 0.227 e. The van der Waals surface area contributed by atoms with Crippen LogP contribution < -0.4 is 10.1 Å². The molecule has 0 spiro atoms. The van der Waals surface area contributed by atoms with E-state index in [2.05, 4.69) is 5.32 Å². The first-order chi connectivity index (χ1) is 10.2. The standard InChI is InChI=1S/C16H21FN2O2.ClH/c1-21-15-5-2-11(8-14(15)17)9-16(20)19-12-3-4-13(19)10-18-7-6-12;/h2,5,8,12-13,18H,3-4,6-7,9-10H2,1H3;1H. The predicted molar refractivity (Wildman–Crippen MR) is 85.0 cm³/mol. The molecule has 1 N–H and O–H groups in total. The Balaban J connectivity index is 0.00000176. The molecule has 0 aromatic heterocycles. The Morgan fingerprint density at radius 3 is 2.86 bits per heavy atom. The van der Waals surface area contributed by atoms with Crippen LogP contribution in [0.15, 0.2) is 18.2 Å². The van der Waals surface area contributed by atoms with E-state index in [0.717, 1.165) is 32.4 Å². The van der Waals surface area contributed by atoms with Crippen molar-refractivity contribution < 1.29 is 13.9 Å². The van der Waals surface area contributed by atoms with Crippen LogP contribution in [0.2, 0.25) is 0 Å². The van der Waals surface area contributed by atoms with Crippen molar-refractivity contribution in [3.05, 3.63) is 29.6 Å². The average Bonchev–Trinajstić information content (AvgIpc) is 2.72. The number of methoxy groups -OCH3 is 1. The van der Waals surface area contributed by atoms with Crippen LogP contribution in [0.3, 0.4) is 0 Å². The van der Waals surface area contributed by atoms with Crippen LogP contribution in [-0.4, -0.2) is 43.1 Å². The monoisotopic (exact) mass is 328 g/mol. The van der Waals surface area contributed by atoms with Crippen molar-refractivity contribution >= 4 is 18.3 Å². The van der Waals surface area contributed by atoms with Gasteiger partial charge in [0.15, 0.2) is 11.6 Å². The number of carbonyl (C=O) groups excluding carboxylic acids is 1. The second-order valence-electron chi connectivity index (χ2n) is 5.82. The highest BCUT2D eigenvalue weighted by molar-refractivity contribution is 5.85. The number of carbonyl (C=O) groups is 1. The molecule has 1 amide bonds. The molecule has 2 saturated heterocycles. The number of halogens is 2. The molecule has 2 atom stereocenters. The minimum Gasteiger partial charge on any atom is -0.494 e. The molecule has 2 aliphatic rings. The Morgan fingerprint density at radius 1 is 1.36 bits per heavy atom. The maximum absolute atomic E-state index is 13.7. The summed E-state index contributed by atoms with van der Waals surface area (Å²) in [6.45, 7) is 1.85. The normalized spacial score (nSPS) is 23.6. The number of hydrogen-bond donors (Lipinski definition) is 1. The van der Waals surface area contributed by atoms with Crippen LogP contribution in [0, 0.1) is 5.82 Å². The van der Waals surface area contributed by atoms with Crippen LogP contribution in [0.25, 0.3) is 0 Å². The second-order valence-corrected chi connectivity index (χ2v) is 5.82. The number of fused-ring (bicyclic) bond motifs is 2. The zero-order valence-electron chi connectivity index (χ0n) is 12.7. The fraction of sp³-hybridized carbons (Fsp3) is 0.562. The van der Waals surface area contributed by atoms with Gasteiger partial charge in [-0.25, -0.2) is 4.39 Å². The molecule has 2 fully saturated rings. The molecule has 3 rings (SSSR count). The first-order valence-corrected chi connectivity index (χ1v) is 7.53. The maximum atomic E-state index is 13.7. The van der Waals surface area contributed by atoms with E-state index in [1.165, 1.54) is 13.2 Å². The summed E-state index contributed by atoms with van der Waals surface area (Å²) in [4.78, 5) is 14.6. The third kappa shape index (κ3) is 3.36. The van der Waals surface area contributed by atoms with E-state index >= 15 is 0 Å². The van der Waals surface area contributed by atoms with Gasteiger partial charge in [-0.05, 0) is 43.5 Å². The molecule has 2 bridgehead atoms. The number of nitrogens with one attached hydrogen (secondary N) is 1. The van der Waals surface area contributed by atoms with Gasteiger partial charge in [-0.15, -0.1) is 12.4 Å². The summed E-state index contributed by atoms with van der Waals surface area (Å²) in [6, 6.07) is 5.39. The summed E-state index contributed by atoms with van der Waals surface area (Å²) in [7, 11) is 1.44. The quantitative estimate of drug-likeness (QED) is 0.924. The molecule has 2 unspecified atom stereocenters. The minimum absolute atomic E-state index is 0. The molecule has 6 heteroatoms. The molecule has 22 heavy (non-hydrogen) atoms. The van der Waals surface area contributed by atoms with Crippen molar-refractivity contribution in [2.75, 3.05) is 20.2 Å². The molecule has 0 saturated carbocycles. The zero-order valence-corrected chi connectivity index (χ0v) is 13.5. The number of hydrogen-bond acceptors (Lipinski definition) is 3. The van der Waals surface area contributed by atoms with Crippen molar-refractivity contribution in [2.24, 2.45) is 0 Å². The highest BCUT2D eigenvalue weighted by atomic mass is 35.5. The lowest BCUT2D eigenvalue weighted by molar-refractivity contribution is -0.133. The lowest BCUT2D eigenvalue weighted by atomic mass is 10.1. The number of nitrogens with zero attached hydrogens (tertiary/aromatic N) is 1. The fourth-order valence-electron chi connectivity index (χ4n) is 3.48. The SMILES string of the molecule is COc1ccc(CC(=O)N2C3CCNCC2CC3)cc1F.Cl. The number of ether oxygens (including phenoxy) is 1. The van der Waals surface area contributed by atoms with Crippen LogP contribution in [0.4, 0.5) is 4.39 Å². The van der Waals surface area contributed by atoms with Crippen molar-refractivity contribution in [3.63, 3.8) is 0 Å². The van der Waals surface area contributed by atoms with E-state index in [4.69, 9.17) is 4.74 Å². The van der Waals surface area contributed by atoms with Crippen LogP contribution in [-0.2, 0) is 11.2 Å². The van der Waals surface area contributed by atoms with E-state index in [1.807, 2.05) is 4.90 Å². The topological polar surface area (TPSA) is 41.6 Å². The molecule has 122 valence electrons. The van der Waals surface area contributed by atoms with Gasteiger partial charge in [0.1, 0.15) is 0 Å². The van der Waals surface area contributed by atoms with E-state index in [-0.39, 0.29) is 30.5 Å². The molecular weight excluding hydrogens is 307 g/mol. The summed E-state index contributed by atoms with van der Waals surface area (Å²) in [5, 5.41) is 3.38. The smallest absolute Gasteiger partial charge is 0.227 e. The van der Waals surface area contributed by atoms with Gasteiger partial charge < -0.3 is 15.0 Å². The van der Waals surface area contributed by atoms with Gasteiger partial charge in [-0.1, -0.05) is 6.07 Å². The van der Waals surface area contributed by atoms with Crippen molar-refractivity contribution in [1.29, 1.82) is 0 Å². The fourth-order valence-corrected chi connectivity index (χ4v) is 3.48. The Labute approximate surface area is 136 Å². The molecule has 1 aromatic carbocycles. The van der Waals surface area contributed by atoms with E-state index in [9.17, 15) is 9.18 Å². The number of benzene rings is 1. The molecule has 4 nitrogen and oxygen atoms in total. The molecule has 2 aliphatic heterocycles. The lowest BCUT2D eigenvalue weighted by Gasteiger charge is -2.28. The second kappa shape index (κ2) is 7.29. The van der Waals surface area contributed by atoms with Gasteiger partial charge in [0, 0.05) is 18.6 Å². The summed E-state index contributed by atoms with van der Waals surface area (Å²) in [6.07, 6.45) is 3.43. The molecule has 2 heterocycles. The van der Waals surface area contributed by atoms with Crippen molar-refractivity contribution in [2.45, 2.75) is 37.8 Å². The van der Waals surface area contributed by atoms with Crippen molar-refractivity contribution in [3.8, 4) is 5.75 Å². The zero-order chi connectivity index (χ0) is 14.8. The van der Waals surface area contributed by atoms with Gasteiger partial charge in [0.05, 0.1) is 13.5 Å². The van der Waals surface area contributed by atoms with Crippen LogP contribution in [0.1, 0.15) is 24.8 Å². The highest BCUT2D eigenvalue weighted by Crippen LogP contribution is 2.29. The van der Waals surface area contributed by atoms with Gasteiger partial charge in [0.25, 0.3) is 0 Å². The first kappa shape index (κ1) is 17.0. The van der Waals surface area contributed by atoms with Crippen LogP contribution >= 0.6 is 12.4 Å². The predicted octanol–water partition coefficient (Wildman–Crippen LogP) is 2.15. The number of amides is 1. The minimum atomic E-state index is -0.414. The van der Waals surface area contributed by atoms with Gasteiger partial charge in [-0.3, -0.25) is 4.79 Å². The Bertz CT molecular complexity index is 527. The van der Waals surface area contributed by atoms with E-state index in [1.54, 1.807) is 12.1 Å². The van der Waals surface area contributed by atoms with Gasteiger partial charge in [-0.2, -0.15) is 0 Å². The highest BCUT2D eigenvalue weighted by Gasteiger charge is 2.37. The molecule has 0 aliphatic carbocycles. The Morgan fingerprint density at radius 2 is 2.14 bits per heavy atom. The van der Waals surface area contributed by atoms with E-state index < -0.39 is 5.82 Å². The van der Waals surface area contributed by atoms with E-state index in [0.29, 0.717) is 17.6 Å². The molecular formula is C16H22ClFN2O2. The Kier molecular flexibility index (Phi) is 5.64. The third-order valence-electron chi connectivity index (χ3n) is 4.51. The van der Waals surface area contributed by atoms with Gasteiger partial charge >= 0.3 is 0 Å².